The lowest BCUT2D eigenvalue weighted by Gasteiger charge is -2.29. The van der Waals surface area contributed by atoms with Gasteiger partial charge in [-0.15, -0.1) is 0 Å². The highest BCUT2D eigenvalue weighted by Crippen LogP contribution is 2.35. The van der Waals surface area contributed by atoms with E-state index in [1.54, 1.807) is 19.2 Å². The predicted molar refractivity (Wildman–Crippen MR) is 86.8 cm³/mol. The van der Waals surface area contributed by atoms with Crippen molar-refractivity contribution in [2.45, 2.75) is 32.4 Å². The highest BCUT2D eigenvalue weighted by Gasteiger charge is 2.32. The number of hydrogen-bond donors (Lipinski definition) is 1. The van der Waals surface area contributed by atoms with Crippen molar-refractivity contribution in [3.8, 4) is 0 Å². The number of nitrogens with two attached hydrogens (primary N) is 1. The number of methoxy groups -OCH3 is 1. The summed E-state index contributed by atoms with van der Waals surface area (Å²) in [5.74, 6) is 0.492. The molecule has 1 unspecified atom stereocenters. The van der Waals surface area contributed by atoms with Crippen molar-refractivity contribution in [3.63, 3.8) is 0 Å². The van der Waals surface area contributed by atoms with Gasteiger partial charge in [-0.05, 0) is 31.7 Å². The second-order valence-corrected chi connectivity index (χ2v) is 6.15. The first kappa shape index (κ1) is 16.3. The normalized spacial score (nSPS) is 16.2. The first-order chi connectivity index (χ1) is 10.0. The van der Waals surface area contributed by atoms with Gasteiger partial charge in [0, 0.05) is 37.4 Å². The average Bonchev–Trinajstić information content (AvgIpc) is 3.28. The number of hydrogen-bond acceptors (Lipinski definition) is 3. The minimum Gasteiger partial charge on any atom is -0.389 e. The molecule has 0 heterocycles. The molecular formula is C16H23FN2OS. The van der Waals surface area contributed by atoms with Gasteiger partial charge in [0.15, 0.2) is 0 Å². The molecular weight excluding hydrogens is 287 g/mol. The lowest BCUT2D eigenvalue weighted by Crippen LogP contribution is -2.36. The molecule has 0 bridgehead atoms. The van der Waals surface area contributed by atoms with Gasteiger partial charge < -0.3 is 10.5 Å². The zero-order valence-corrected chi connectivity index (χ0v) is 13.5. The van der Waals surface area contributed by atoms with Crippen LogP contribution in [0.2, 0.25) is 0 Å². The molecule has 116 valence electrons. The summed E-state index contributed by atoms with van der Waals surface area (Å²) in [5, 5.41) is 0. The standard InChI is InChI=1S/C16H23FN2OS/c1-11(12-3-4-12)19(7-8-20-2)10-14-6-5-13(16(18)21)9-15(14)17/h5-6,9,11-12H,3-4,7-8,10H2,1-2H3,(H2,18,21). The third-order valence-electron chi connectivity index (χ3n) is 4.17. The summed E-state index contributed by atoms with van der Waals surface area (Å²) in [5.41, 5.74) is 6.79. The molecule has 3 nitrogen and oxygen atoms in total. The van der Waals surface area contributed by atoms with E-state index in [-0.39, 0.29) is 10.8 Å². The molecule has 1 saturated carbocycles. The summed E-state index contributed by atoms with van der Waals surface area (Å²) in [6, 6.07) is 5.45. The summed E-state index contributed by atoms with van der Waals surface area (Å²) >= 11 is 4.88. The Labute approximate surface area is 131 Å². The number of benzene rings is 1. The molecule has 2 N–H and O–H groups in total. The Balaban J connectivity index is 2.09. The number of rotatable bonds is 8. The summed E-state index contributed by atoms with van der Waals surface area (Å²) in [6.07, 6.45) is 2.54. The quantitative estimate of drug-likeness (QED) is 0.749. The van der Waals surface area contributed by atoms with Crippen LogP contribution in [0.1, 0.15) is 30.9 Å². The van der Waals surface area contributed by atoms with Gasteiger partial charge in [0.05, 0.1) is 6.61 Å². The molecule has 2 rings (SSSR count). The summed E-state index contributed by atoms with van der Waals surface area (Å²) in [4.78, 5) is 2.52. The molecule has 1 aliphatic carbocycles. The van der Waals surface area contributed by atoms with Crippen LogP contribution in [0.15, 0.2) is 18.2 Å². The van der Waals surface area contributed by atoms with Gasteiger partial charge in [-0.2, -0.15) is 0 Å². The maximum atomic E-state index is 14.2. The number of halogens is 1. The lowest BCUT2D eigenvalue weighted by atomic mass is 10.1. The Morgan fingerprint density at radius 1 is 1.52 bits per heavy atom. The van der Waals surface area contributed by atoms with Crippen LogP contribution in [0.5, 0.6) is 0 Å². The van der Waals surface area contributed by atoms with E-state index in [0.717, 1.165) is 12.5 Å². The molecule has 1 atom stereocenters. The number of ether oxygens (including phenoxy) is 1. The summed E-state index contributed by atoms with van der Waals surface area (Å²) in [7, 11) is 1.69. The van der Waals surface area contributed by atoms with Gasteiger partial charge in [-0.25, -0.2) is 4.39 Å². The van der Waals surface area contributed by atoms with Crippen LogP contribution in [0.3, 0.4) is 0 Å². The van der Waals surface area contributed by atoms with Crippen molar-refractivity contribution in [1.29, 1.82) is 0 Å². The molecule has 5 heteroatoms. The van der Waals surface area contributed by atoms with Crippen LogP contribution < -0.4 is 5.73 Å². The molecule has 0 radical (unpaired) electrons. The molecule has 1 aliphatic rings. The average molecular weight is 310 g/mol. The minimum absolute atomic E-state index is 0.225. The van der Waals surface area contributed by atoms with Crippen LogP contribution >= 0.6 is 12.2 Å². The van der Waals surface area contributed by atoms with Crippen molar-refractivity contribution in [3.05, 3.63) is 35.1 Å². The molecule has 0 amide bonds. The molecule has 1 aromatic carbocycles. The largest absolute Gasteiger partial charge is 0.389 e. The first-order valence-electron chi connectivity index (χ1n) is 7.34. The van der Waals surface area contributed by atoms with Crippen molar-refractivity contribution in [2.75, 3.05) is 20.3 Å². The fraction of sp³-hybridized carbons (Fsp3) is 0.562. The smallest absolute Gasteiger partial charge is 0.128 e. The van der Waals surface area contributed by atoms with Crippen molar-refractivity contribution in [2.24, 2.45) is 11.7 Å². The van der Waals surface area contributed by atoms with Crippen LogP contribution in [-0.4, -0.2) is 36.2 Å². The number of nitrogens with zero attached hydrogens (tertiary/aromatic N) is 1. The summed E-state index contributed by atoms with van der Waals surface area (Å²) < 4.78 is 19.4. The first-order valence-corrected chi connectivity index (χ1v) is 7.75. The van der Waals surface area contributed by atoms with Crippen LogP contribution in [0.4, 0.5) is 4.39 Å². The predicted octanol–water partition coefficient (Wildman–Crippen LogP) is 2.71. The van der Waals surface area contributed by atoms with E-state index in [9.17, 15) is 4.39 Å². The maximum absolute atomic E-state index is 14.2. The third kappa shape index (κ3) is 4.46. The zero-order valence-electron chi connectivity index (χ0n) is 12.6. The Kier molecular flexibility index (Phi) is 5.67. The molecule has 1 fully saturated rings. The van der Waals surface area contributed by atoms with E-state index in [4.69, 9.17) is 22.7 Å². The van der Waals surface area contributed by atoms with E-state index in [1.165, 1.54) is 18.9 Å². The SMILES string of the molecule is COCCN(Cc1ccc(C(N)=S)cc1F)C(C)C1CC1. The molecule has 0 aromatic heterocycles. The molecule has 21 heavy (non-hydrogen) atoms. The minimum atomic E-state index is -0.245. The summed E-state index contributed by atoms with van der Waals surface area (Å²) in [6.45, 7) is 4.27. The van der Waals surface area contributed by atoms with E-state index < -0.39 is 0 Å². The van der Waals surface area contributed by atoms with E-state index in [0.29, 0.717) is 30.3 Å². The Hall–Kier alpha value is -1.04. The van der Waals surface area contributed by atoms with E-state index >= 15 is 0 Å². The maximum Gasteiger partial charge on any atom is 0.128 e. The van der Waals surface area contributed by atoms with Gasteiger partial charge >= 0.3 is 0 Å². The highest BCUT2D eigenvalue weighted by atomic mass is 32.1. The van der Waals surface area contributed by atoms with Gasteiger partial charge in [0.25, 0.3) is 0 Å². The molecule has 1 aromatic rings. The topological polar surface area (TPSA) is 38.5 Å². The van der Waals surface area contributed by atoms with Crippen LogP contribution in [-0.2, 0) is 11.3 Å². The monoisotopic (exact) mass is 310 g/mol. The van der Waals surface area contributed by atoms with Gasteiger partial charge in [0.1, 0.15) is 10.8 Å². The molecule has 0 aliphatic heterocycles. The van der Waals surface area contributed by atoms with Crippen molar-refractivity contribution >= 4 is 17.2 Å². The highest BCUT2D eigenvalue weighted by molar-refractivity contribution is 7.80. The van der Waals surface area contributed by atoms with Gasteiger partial charge in [-0.1, -0.05) is 24.4 Å². The fourth-order valence-electron chi connectivity index (χ4n) is 2.56. The Bertz CT molecular complexity index is 505. The van der Waals surface area contributed by atoms with E-state index in [1.807, 2.05) is 0 Å². The number of thiocarbonyl (C=S) groups is 1. The second-order valence-electron chi connectivity index (χ2n) is 5.71. The lowest BCUT2D eigenvalue weighted by molar-refractivity contribution is 0.111. The Morgan fingerprint density at radius 3 is 2.76 bits per heavy atom. The Morgan fingerprint density at radius 2 is 2.24 bits per heavy atom. The van der Waals surface area contributed by atoms with Crippen molar-refractivity contribution in [1.82, 2.24) is 4.90 Å². The van der Waals surface area contributed by atoms with Gasteiger partial charge in [-0.3, -0.25) is 4.90 Å². The second kappa shape index (κ2) is 7.29. The molecule has 0 spiro atoms. The fourth-order valence-corrected chi connectivity index (χ4v) is 2.69. The zero-order chi connectivity index (χ0) is 15.4. The molecule has 0 saturated heterocycles. The van der Waals surface area contributed by atoms with Crippen LogP contribution in [0.25, 0.3) is 0 Å². The van der Waals surface area contributed by atoms with Crippen molar-refractivity contribution < 1.29 is 9.13 Å². The third-order valence-corrected chi connectivity index (χ3v) is 4.41. The van der Waals surface area contributed by atoms with E-state index in [2.05, 4.69) is 11.8 Å². The van der Waals surface area contributed by atoms with Gasteiger partial charge in [0.2, 0.25) is 0 Å². The van der Waals surface area contributed by atoms with Crippen LogP contribution in [0, 0.1) is 11.7 Å².